The summed E-state index contributed by atoms with van der Waals surface area (Å²) in [5.41, 5.74) is 0. The Morgan fingerprint density at radius 1 is 1.69 bits per heavy atom. The molecule has 70 valence electrons. The summed E-state index contributed by atoms with van der Waals surface area (Å²) in [5.74, 6) is -0.855. The maximum Gasteiger partial charge on any atom is 0.325 e. The topological polar surface area (TPSA) is 84.2 Å². The largest absolute Gasteiger partial charge is 0.480 e. The molecule has 0 saturated carbocycles. The van der Waals surface area contributed by atoms with Gasteiger partial charge in [0.1, 0.15) is 6.54 Å². The van der Waals surface area contributed by atoms with Gasteiger partial charge in [-0.25, -0.2) is 0 Å². The normalized spacial score (nSPS) is 9.62. The predicted molar refractivity (Wildman–Crippen MR) is 44.2 cm³/mol. The molecule has 0 saturated heterocycles. The molecule has 0 aromatic carbocycles. The van der Waals surface area contributed by atoms with Gasteiger partial charge in [-0.1, -0.05) is 0 Å². The summed E-state index contributed by atoms with van der Waals surface area (Å²) in [4.78, 5) is 20.8. The van der Waals surface area contributed by atoms with E-state index in [9.17, 15) is 9.59 Å². The number of carbonyl (C=O) groups excluding carboxylic acids is 1. The third-order valence-corrected chi connectivity index (χ3v) is 1.24. The van der Waals surface area contributed by atoms with Crippen LogP contribution in [0.1, 0.15) is 6.92 Å². The van der Waals surface area contributed by atoms with Gasteiger partial charge in [0.2, 0.25) is 5.91 Å². The maximum absolute atomic E-state index is 10.6. The van der Waals surface area contributed by atoms with Crippen LogP contribution in [0.4, 0.5) is 5.82 Å². The van der Waals surface area contributed by atoms with E-state index < -0.39 is 5.97 Å². The smallest absolute Gasteiger partial charge is 0.325 e. The van der Waals surface area contributed by atoms with Gasteiger partial charge in [-0.3, -0.25) is 14.3 Å². The molecular weight excluding hydrogens is 174 g/mol. The predicted octanol–water partition coefficient (Wildman–Crippen LogP) is -0.0739. The second-order valence-electron chi connectivity index (χ2n) is 2.47. The summed E-state index contributed by atoms with van der Waals surface area (Å²) in [5, 5.41) is 14.6. The molecular formula is C7H9N3O3. The minimum atomic E-state index is -0.975. The Balaban J connectivity index is 2.63. The number of nitrogens with one attached hydrogen (secondary N) is 1. The number of amides is 1. The number of carbonyl (C=O) groups is 2. The molecule has 2 N–H and O–H groups in total. The lowest BCUT2D eigenvalue weighted by atomic mass is 10.6. The van der Waals surface area contributed by atoms with E-state index in [0.29, 0.717) is 5.82 Å². The Morgan fingerprint density at radius 2 is 2.38 bits per heavy atom. The fourth-order valence-electron chi connectivity index (χ4n) is 0.835. The van der Waals surface area contributed by atoms with Crippen LogP contribution in [0.15, 0.2) is 12.3 Å². The van der Waals surface area contributed by atoms with Crippen LogP contribution < -0.4 is 5.32 Å². The summed E-state index contributed by atoms with van der Waals surface area (Å²) < 4.78 is 1.23. The van der Waals surface area contributed by atoms with E-state index in [0.717, 1.165) is 0 Å². The van der Waals surface area contributed by atoms with Crippen LogP contribution in [-0.2, 0) is 16.1 Å². The van der Waals surface area contributed by atoms with Crippen molar-refractivity contribution in [3.05, 3.63) is 12.3 Å². The van der Waals surface area contributed by atoms with Crippen molar-refractivity contribution in [2.24, 2.45) is 0 Å². The van der Waals surface area contributed by atoms with Crippen LogP contribution in [0.25, 0.3) is 0 Å². The second-order valence-corrected chi connectivity index (χ2v) is 2.47. The first kappa shape index (κ1) is 9.24. The number of aromatic nitrogens is 2. The third-order valence-electron chi connectivity index (χ3n) is 1.24. The average Bonchev–Trinajstić information content (AvgIpc) is 2.33. The first-order valence-corrected chi connectivity index (χ1v) is 3.61. The average molecular weight is 183 g/mol. The van der Waals surface area contributed by atoms with Crippen molar-refractivity contribution in [2.45, 2.75) is 13.5 Å². The molecule has 6 heteroatoms. The van der Waals surface area contributed by atoms with Gasteiger partial charge in [-0.2, -0.15) is 5.10 Å². The van der Waals surface area contributed by atoms with Gasteiger partial charge < -0.3 is 10.4 Å². The Kier molecular flexibility index (Phi) is 2.63. The van der Waals surface area contributed by atoms with Crippen LogP contribution in [0.3, 0.4) is 0 Å². The fraction of sp³-hybridized carbons (Fsp3) is 0.286. The van der Waals surface area contributed by atoms with Crippen LogP contribution >= 0.6 is 0 Å². The highest BCUT2D eigenvalue weighted by Gasteiger charge is 2.02. The number of anilines is 1. The molecule has 0 radical (unpaired) electrons. The van der Waals surface area contributed by atoms with E-state index in [1.54, 1.807) is 0 Å². The summed E-state index contributed by atoms with van der Waals surface area (Å²) >= 11 is 0. The van der Waals surface area contributed by atoms with Gasteiger partial charge >= 0.3 is 5.97 Å². The molecule has 1 heterocycles. The van der Waals surface area contributed by atoms with Crippen molar-refractivity contribution in [3.8, 4) is 0 Å². The van der Waals surface area contributed by atoms with Gasteiger partial charge in [0.15, 0.2) is 5.82 Å². The SMILES string of the molecule is CC(=O)Nc1ccn(CC(=O)O)n1. The molecule has 1 aromatic heterocycles. The van der Waals surface area contributed by atoms with Crippen LogP contribution in [-0.4, -0.2) is 26.8 Å². The zero-order chi connectivity index (χ0) is 9.84. The minimum Gasteiger partial charge on any atom is -0.480 e. The zero-order valence-corrected chi connectivity index (χ0v) is 7.02. The summed E-state index contributed by atoms with van der Waals surface area (Å²) in [6.07, 6.45) is 1.49. The fourth-order valence-corrected chi connectivity index (χ4v) is 0.835. The van der Waals surface area contributed by atoms with Gasteiger partial charge in [-0.05, 0) is 0 Å². The third kappa shape index (κ3) is 2.94. The Morgan fingerprint density at radius 3 is 2.92 bits per heavy atom. The van der Waals surface area contributed by atoms with Gasteiger partial charge in [0.25, 0.3) is 0 Å². The molecule has 0 aliphatic carbocycles. The van der Waals surface area contributed by atoms with Gasteiger partial charge in [0, 0.05) is 19.2 Å². The molecule has 0 aliphatic rings. The lowest BCUT2D eigenvalue weighted by Gasteiger charge is -1.95. The first-order chi connectivity index (χ1) is 6.08. The quantitative estimate of drug-likeness (QED) is 0.686. The summed E-state index contributed by atoms with van der Waals surface area (Å²) in [6, 6.07) is 1.53. The highest BCUT2D eigenvalue weighted by molar-refractivity contribution is 5.87. The molecule has 1 amide bonds. The first-order valence-electron chi connectivity index (χ1n) is 3.61. The van der Waals surface area contributed by atoms with Crippen molar-refractivity contribution in [2.75, 3.05) is 5.32 Å². The van der Waals surface area contributed by atoms with E-state index in [1.165, 1.54) is 23.9 Å². The number of aliphatic carboxylic acids is 1. The number of hydrogen-bond acceptors (Lipinski definition) is 3. The van der Waals surface area contributed by atoms with Crippen LogP contribution in [0, 0.1) is 0 Å². The van der Waals surface area contributed by atoms with E-state index in [2.05, 4.69) is 10.4 Å². The molecule has 0 bridgehead atoms. The molecule has 0 unspecified atom stereocenters. The summed E-state index contributed by atoms with van der Waals surface area (Å²) in [7, 11) is 0. The highest BCUT2D eigenvalue weighted by Crippen LogP contribution is 2.01. The number of rotatable bonds is 3. The number of nitrogens with zero attached hydrogens (tertiary/aromatic N) is 2. The van der Waals surface area contributed by atoms with Gasteiger partial charge in [0.05, 0.1) is 0 Å². The molecule has 1 rings (SSSR count). The number of carboxylic acid groups (broad SMARTS) is 1. The zero-order valence-electron chi connectivity index (χ0n) is 7.02. The van der Waals surface area contributed by atoms with Crippen LogP contribution in [0.2, 0.25) is 0 Å². The van der Waals surface area contributed by atoms with Crippen LogP contribution in [0.5, 0.6) is 0 Å². The molecule has 6 nitrogen and oxygen atoms in total. The lowest BCUT2D eigenvalue weighted by Crippen LogP contribution is -2.11. The minimum absolute atomic E-state index is 0.209. The molecule has 1 aromatic rings. The van der Waals surface area contributed by atoms with Crippen molar-refractivity contribution in [1.29, 1.82) is 0 Å². The van der Waals surface area contributed by atoms with E-state index in [4.69, 9.17) is 5.11 Å². The van der Waals surface area contributed by atoms with E-state index >= 15 is 0 Å². The van der Waals surface area contributed by atoms with Gasteiger partial charge in [-0.15, -0.1) is 0 Å². The molecule has 0 fully saturated rings. The molecule has 13 heavy (non-hydrogen) atoms. The Hall–Kier alpha value is -1.85. The van der Waals surface area contributed by atoms with Crippen molar-refractivity contribution >= 4 is 17.7 Å². The lowest BCUT2D eigenvalue weighted by molar-refractivity contribution is -0.137. The molecule has 0 spiro atoms. The van der Waals surface area contributed by atoms with Crippen molar-refractivity contribution < 1.29 is 14.7 Å². The van der Waals surface area contributed by atoms with E-state index in [1.807, 2.05) is 0 Å². The Bertz CT molecular complexity index is 301. The van der Waals surface area contributed by atoms with E-state index in [-0.39, 0.29) is 12.5 Å². The monoisotopic (exact) mass is 183 g/mol. The van der Waals surface area contributed by atoms with Crippen molar-refractivity contribution in [1.82, 2.24) is 9.78 Å². The second kappa shape index (κ2) is 3.70. The standard InChI is InChI=1S/C7H9N3O3/c1-5(11)8-6-2-3-10(9-6)4-7(12)13/h2-3H,4H2,1H3,(H,12,13)(H,8,9,11). The summed E-state index contributed by atoms with van der Waals surface area (Å²) in [6.45, 7) is 1.15. The molecule has 0 atom stereocenters. The Labute approximate surface area is 74.2 Å². The van der Waals surface area contributed by atoms with Crippen molar-refractivity contribution in [3.63, 3.8) is 0 Å². The molecule has 0 aliphatic heterocycles. The maximum atomic E-state index is 10.6. The number of hydrogen-bond donors (Lipinski definition) is 2. The number of carboxylic acids is 1. The highest BCUT2D eigenvalue weighted by atomic mass is 16.4.